The van der Waals surface area contributed by atoms with Crippen molar-refractivity contribution in [3.05, 3.63) is 29.8 Å². The highest BCUT2D eigenvalue weighted by atomic mass is 16.1. The second kappa shape index (κ2) is 5.86. The van der Waals surface area contributed by atoms with E-state index in [1.54, 1.807) is 0 Å². The summed E-state index contributed by atoms with van der Waals surface area (Å²) in [6.45, 7) is 5.13. The molecule has 0 bridgehead atoms. The number of nitrogens with one attached hydrogen (secondary N) is 1. The molecule has 1 aliphatic carbocycles. The zero-order valence-electron chi connectivity index (χ0n) is 12.3. The molecule has 1 aromatic carbocycles. The van der Waals surface area contributed by atoms with Crippen LogP contribution in [0.1, 0.15) is 31.2 Å². The number of anilines is 1. The summed E-state index contributed by atoms with van der Waals surface area (Å²) in [5.74, 6) is 1.19. The van der Waals surface area contributed by atoms with Gasteiger partial charge in [0.25, 0.3) is 0 Å². The summed E-state index contributed by atoms with van der Waals surface area (Å²) in [7, 11) is 0. The van der Waals surface area contributed by atoms with Crippen LogP contribution in [0.4, 0.5) is 5.69 Å². The average Bonchev–Trinajstić information content (AvgIpc) is 2.84. The molecule has 1 N–H and O–H groups in total. The summed E-state index contributed by atoms with van der Waals surface area (Å²) in [6, 6.07) is 8.73. The molecule has 1 atom stereocenters. The first kappa shape index (κ1) is 13.5. The number of hydrogen-bond acceptors (Lipinski definition) is 2. The molecule has 1 unspecified atom stereocenters. The van der Waals surface area contributed by atoms with Gasteiger partial charge in [-0.05, 0) is 44.2 Å². The Bertz CT molecular complexity index is 464. The largest absolute Gasteiger partial charge is 0.371 e. The topological polar surface area (TPSA) is 32.3 Å². The molecule has 1 aliphatic heterocycles. The highest BCUT2D eigenvalue weighted by molar-refractivity contribution is 5.79. The van der Waals surface area contributed by atoms with Gasteiger partial charge in [-0.2, -0.15) is 0 Å². The molecule has 2 aliphatic rings. The minimum absolute atomic E-state index is 0.282. The number of benzene rings is 1. The van der Waals surface area contributed by atoms with Crippen molar-refractivity contribution in [2.75, 3.05) is 24.5 Å². The molecule has 1 saturated carbocycles. The second-order valence-corrected chi connectivity index (χ2v) is 6.31. The number of amides is 1. The Morgan fingerprint density at radius 1 is 1.25 bits per heavy atom. The lowest BCUT2D eigenvalue weighted by Crippen LogP contribution is -2.37. The molecule has 3 nitrogen and oxygen atoms in total. The third-order valence-corrected chi connectivity index (χ3v) is 4.73. The highest BCUT2D eigenvalue weighted by Gasteiger charge is 2.27. The molecule has 0 aromatic heterocycles. The van der Waals surface area contributed by atoms with E-state index in [1.807, 2.05) is 0 Å². The molecule has 1 aromatic rings. The van der Waals surface area contributed by atoms with Crippen LogP contribution in [-0.2, 0) is 4.79 Å². The first-order valence-electron chi connectivity index (χ1n) is 7.82. The van der Waals surface area contributed by atoms with Gasteiger partial charge in [0.05, 0.1) is 0 Å². The summed E-state index contributed by atoms with van der Waals surface area (Å²) in [5.41, 5.74) is 2.61. The van der Waals surface area contributed by atoms with Crippen molar-refractivity contribution in [1.82, 2.24) is 5.32 Å². The van der Waals surface area contributed by atoms with Gasteiger partial charge in [0.2, 0.25) is 5.91 Å². The van der Waals surface area contributed by atoms with Gasteiger partial charge in [-0.15, -0.1) is 0 Å². The van der Waals surface area contributed by atoms with Gasteiger partial charge in [0, 0.05) is 31.2 Å². The Kier molecular flexibility index (Phi) is 3.95. The zero-order chi connectivity index (χ0) is 13.9. The minimum Gasteiger partial charge on any atom is -0.371 e. The smallest absolute Gasteiger partial charge is 0.223 e. The van der Waals surface area contributed by atoms with E-state index in [-0.39, 0.29) is 5.91 Å². The van der Waals surface area contributed by atoms with Gasteiger partial charge in [0.1, 0.15) is 0 Å². The zero-order valence-corrected chi connectivity index (χ0v) is 12.3. The van der Waals surface area contributed by atoms with E-state index in [1.165, 1.54) is 24.1 Å². The van der Waals surface area contributed by atoms with E-state index in [9.17, 15) is 4.79 Å². The summed E-state index contributed by atoms with van der Waals surface area (Å²) >= 11 is 0. The SMILES string of the molecule is Cc1ccc(N2CCC(CNC(=O)C3CCC3)C2)cc1. The fourth-order valence-electron chi connectivity index (χ4n) is 3.05. The monoisotopic (exact) mass is 272 g/mol. The van der Waals surface area contributed by atoms with Gasteiger partial charge in [-0.3, -0.25) is 4.79 Å². The van der Waals surface area contributed by atoms with Crippen LogP contribution in [0.5, 0.6) is 0 Å². The molecule has 20 heavy (non-hydrogen) atoms. The van der Waals surface area contributed by atoms with E-state index < -0.39 is 0 Å². The van der Waals surface area contributed by atoms with Crippen LogP contribution in [0.15, 0.2) is 24.3 Å². The summed E-state index contributed by atoms with van der Waals surface area (Å²) < 4.78 is 0. The molecule has 1 saturated heterocycles. The van der Waals surface area contributed by atoms with E-state index in [4.69, 9.17) is 0 Å². The van der Waals surface area contributed by atoms with Crippen LogP contribution >= 0.6 is 0 Å². The summed E-state index contributed by atoms with van der Waals surface area (Å²) in [6.07, 6.45) is 4.58. The Balaban J connectivity index is 1.46. The standard InChI is InChI=1S/C17H24N2O/c1-13-5-7-16(8-6-13)19-10-9-14(12-19)11-18-17(20)15-3-2-4-15/h5-8,14-15H,2-4,9-12H2,1H3,(H,18,20). The van der Waals surface area contributed by atoms with Gasteiger partial charge in [0.15, 0.2) is 0 Å². The third kappa shape index (κ3) is 2.97. The Hall–Kier alpha value is -1.51. The van der Waals surface area contributed by atoms with Crippen LogP contribution < -0.4 is 10.2 Å². The maximum atomic E-state index is 11.8. The van der Waals surface area contributed by atoms with E-state index in [0.717, 1.165) is 32.5 Å². The van der Waals surface area contributed by atoms with Crippen LogP contribution in [0, 0.1) is 18.8 Å². The van der Waals surface area contributed by atoms with Crippen molar-refractivity contribution in [3.63, 3.8) is 0 Å². The quantitative estimate of drug-likeness (QED) is 0.914. The first-order chi connectivity index (χ1) is 9.72. The van der Waals surface area contributed by atoms with Crippen molar-refractivity contribution in [1.29, 1.82) is 0 Å². The predicted octanol–water partition coefficient (Wildman–Crippen LogP) is 2.74. The lowest BCUT2D eigenvalue weighted by atomic mass is 9.85. The van der Waals surface area contributed by atoms with E-state index in [2.05, 4.69) is 41.4 Å². The molecule has 1 amide bonds. The van der Waals surface area contributed by atoms with Gasteiger partial charge < -0.3 is 10.2 Å². The Labute approximate surface area is 121 Å². The lowest BCUT2D eigenvalue weighted by Gasteiger charge is -2.25. The molecule has 0 radical (unpaired) electrons. The van der Waals surface area contributed by atoms with Crippen LogP contribution in [0.25, 0.3) is 0 Å². The molecular weight excluding hydrogens is 248 g/mol. The number of carbonyl (C=O) groups excluding carboxylic acids is 1. The maximum Gasteiger partial charge on any atom is 0.223 e. The molecular formula is C17H24N2O. The van der Waals surface area contributed by atoms with Crippen LogP contribution in [-0.4, -0.2) is 25.5 Å². The van der Waals surface area contributed by atoms with Crippen LogP contribution in [0.2, 0.25) is 0 Å². The van der Waals surface area contributed by atoms with Gasteiger partial charge in [-0.1, -0.05) is 24.1 Å². The van der Waals surface area contributed by atoms with Gasteiger partial charge >= 0.3 is 0 Å². The maximum absolute atomic E-state index is 11.8. The van der Waals surface area contributed by atoms with Crippen LogP contribution in [0.3, 0.4) is 0 Å². The number of nitrogens with zero attached hydrogens (tertiary/aromatic N) is 1. The Morgan fingerprint density at radius 2 is 2.00 bits per heavy atom. The summed E-state index contributed by atoms with van der Waals surface area (Å²) in [4.78, 5) is 14.3. The third-order valence-electron chi connectivity index (χ3n) is 4.73. The predicted molar refractivity (Wildman–Crippen MR) is 81.8 cm³/mol. The molecule has 108 valence electrons. The molecule has 2 fully saturated rings. The highest BCUT2D eigenvalue weighted by Crippen LogP contribution is 2.27. The van der Waals surface area contributed by atoms with Crippen molar-refractivity contribution >= 4 is 11.6 Å². The van der Waals surface area contributed by atoms with Crippen molar-refractivity contribution in [3.8, 4) is 0 Å². The van der Waals surface area contributed by atoms with Crippen molar-refractivity contribution in [2.24, 2.45) is 11.8 Å². The van der Waals surface area contributed by atoms with Gasteiger partial charge in [-0.25, -0.2) is 0 Å². The van der Waals surface area contributed by atoms with E-state index >= 15 is 0 Å². The second-order valence-electron chi connectivity index (χ2n) is 6.31. The Morgan fingerprint density at radius 3 is 2.65 bits per heavy atom. The lowest BCUT2D eigenvalue weighted by molar-refractivity contribution is -0.127. The number of rotatable bonds is 4. The summed E-state index contributed by atoms with van der Waals surface area (Å²) in [5, 5.41) is 3.14. The molecule has 0 spiro atoms. The molecule has 1 heterocycles. The number of aryl methyl sites for hydroxylation is 1. The van der Waals surface area contributed by atoms with Crippen molar-refractivity contribution < 1.29 is 4.79 Å². The number of carbonyl (C=O) groups is 1. The number of hydrogen-bond donors (Lipinski definition) is 1. The molecule has 3 heteroatoms. The average molecular weight is 272 g/mol. The first-order valence-corrected chi connectivity index (χ1v) is 7.82. The fraction of sp³-hybridized carbons (Fsp3) is 0.588. The fourth-order valence-corrected chi connectivity index (χ4v) is 3.05. The van der Waals surface area contributed by atoms with E-state index in [0.29, 0.717) is 11.8 Å². The normalized spacial score (nSPS) is 22.6. The minimum atomic E-state index is 0.282. The molecule has 3 rings (SSSR count). The van der Waals surface area contributed by atoms with Crippen molar-refractivity contribution in [2.45, 2.75) is 32.6 Å².